The number of hydrogen-bond acceptors (Lipinski definition) is 3. The highest BCUT2D eigenvalue weighted by Crippen LogP contribution is 2.30. The maximum Gasteiger partial charge on any atom is 0.267 e. The Labute approximate surface area is 156 Å². The quantitative estimate of drug-likeness (QED) is 0.497. The summed E-state index contributed by atoms with van der Waals surface area (Å²) in [5.74, 6) is 5.27. The summed E-state index contributed by atoms with van der Waals surface area (Å²) in [7, 11) is 0. The third-order valence-corrected chi connectivity index (χ3v) is 4.28. The van der Waals surface area contributed by atoms with Crippen molar-refractivity contribution in [2.75, 3.05) is 4.90 Å². The van der Waals surface area contributed by atoms with Gasteiger partial charge in [-0.2, -0.15) is 5.26 Å². The number of carbonyl (C=O) groups excluding carboxylic acids is 2. The van der Waals surface area contributed by atoms with Crippen LogP contribution < -0.4 is 4.90 Å². The molecule has 0 radical (unpaired) electrons. The van der Waals surface area contributed by atoms with E-state index in [-0.39, 0.29) is 11.8 Å². The first-order valence-electron chi connectivity index (χ1n) is 8.28. The number of benzene rings is 3. The van der Waals surface area contributed by atoms with E-state index in [9.17, 15) is 9.59 Å². The molecule has 0 unspecified atom stereocenters. The van der Waals surface area contributed by atoms with Crippen molar-refractivity contribution >= 4 is 17.5 Å². The molecule has 0 aliphatic carbocycles. The zero-order chi connectivity index (χ0) is 18.8. The fraction of sp³-hybridized carbons (Fsp3) is 0. The minimum atomic E-state index is -0.370. The molecular formula is C23H12N2O2. The van der Waals surface area contributed by atoms with E-state index in [0.717, 1.165) is 5.56 Å². The fourth-order valence-electron chi connectivity index (χ4n) is 2.97. The number of hydrogen-bond donors (Lipinski definition) is 0. The highest BCUT2D eigenvalue weighted by molar-refractivity contribution is 6.35. The first kappa shape index (κ1) is 16.3. The molecule has 0 bridgehead atoms. The molecule has 126 valence electrons. The molecule has 4 nitrogen and oxygen atoms in total. The Morgan fingerprint density at radius 2 is 1.41 bits per heavy atom. The SMILES string of the molecule is N#Cc1ccc(C#Cc2cccc3c2C(=O)N(c2ccccc2)C3=O)cc1. The lowest BCUT2D eigenvalue weighted by Gasteiger charge is -2.13. The van der Waals surface area contributed by atoms with Crippen LogP contribution in [0.25, 0.3) is 0 Å². The van der Waals surface area contributed by atoms with Crippen molar-refractivity contribution in [3.63, 3.8) is 0 Å². The fourth-order valence-corrected chi connectivity index (χ4v) is 2.97. The number of fused-ring (bicyclic) bond motifs is 1. The number of anilines is 1. The molecule has 4 heteroatoms. The first-order valence-corrected chi connectivity index (χ1v) is 8.28. The van der Waals surface area contributed by atoms with Crippen LogP contribution in [0.5, 0.6) is 0 Å². The summed E-state index contributed by atoms with van der Waals surface area (Å²) < 4.78 is 0. The van der Waals surface area contributed by atoms with Crippen molar-refractivity contribution in [2.24, 2.45) is 0 Å². The van der Waals surface area contributed by atoms with Gasteiger partial charge in [-0.05, 0) is 48.5 Å². The van der Waals surface area contributed by atoms with Gasteiger partial charge in [0, 0.05) is 11.1 Å². The number of carbonyl (C=O) groups is 2. The van der Waals surface area contributed by atoms with Gasteiger partial charge in [-0.25, -0.2) is 4.90 Å². The number of para-hydroxylation sites is 1. The highest BCUT2D eigenvalue weighted by Gasteiger charge is 2.38. The second-order valence-corrected chi connectivity index (χ2v) is 5.95. The van der Waals surface area contributed by atoms with Crippen molar-refractivity contribution in [1.29, 1.82) is 5.26 Å². The Balaban J connectivity index is 1.74. The van der Waals surface area contributed by atoms with Gasteiger partial charge in [0.05, 0.1) is 28.4 Å². The van der Waals surface area contributed by atoms with Crippen molar-refractivity contribution < 1.29 is 9.59 Å². The Hall–Kier alpha value is -4.15. The highest BCUT2D eigenvalue weighted by atomic mass is 16.2. The van der Waals surface area contributed by atoms with Gasteiger partial charge in [0.25, 0.3) is 11.8 Å². The van der Waals surface area contributed by atoms with Gasteiger partial charge in [0.2, 0.25) is 0 Å². The van der Waals surface area contributed by atoms with Crippen LogP contribution in [0.4, 0.5) is 5.69 Å². The van der Waals surface area contributed by atoms with Gasteiger partial charge in [0.1, 0.15) is 0 Å². The smallest absolute Gasteiger partial charge is 0.267 e. The van der Waals surface area contributed by atoms with Crippen LogP contribution >= 0.6 is 0 Å². The minimum Gasteiger partial charge on any atom is -0.268 e. The molecule has 0 N–H and O–H groups in total. The molecule has 0 spiro atoms. The molecule has 2 amide bonds. The van der Waals surface area contributed by atoms with Crippen molar-refractivity contribution in [3.8, 4) is 17.9 Å². The standard InChI is InChI=1S/C23H12N2O2/c24-15-17-11-9-16(10-12-17)13-14-18-5-4-8-20-21(18)23(27)25(22(20)26)19-6-2-1-3-7-19/h1-12H. The maximum absolute atomic E-state index is 12.9. The van der Waals surface area contributed by atoms with Crippen molar-refractivity contribution in [3.05, 3.63) is 101 Å². The summed E-state index contributed by atoms with van der Waals surface area (Å²) in [6, 6.07) is 22.9. The average molecular weight is 348 g/mol. The van der Waals surface area contributed by atoms with Crippen LogP contribution in [0, 0.1) is 23.2 Å². The Morgan fingerprint density at radius 1 is 0.704 bits per heavy atom. The predicted molar refractivity (Wildman–Crippen MR) is 101 cm³/mol. The summed E-state index contributed by atoms with van der Waals surface area (Å²) in [5, 5.41) is 8.85. The molecule has 0 fully saturated rings. The van der Waals surface area contributed by atoms with Crippen LogP contribution in [0.1, 0.15) is 37.4 Å². The van der Waals surface area contributed by atoms with E-state index >= 15 is 0 Å². The van der Waals surface area contributed by atoms with Gasteiger partial charge < -0.3 is 0 Å². The monoisotopic (exact) mass is 348 g/mol. The molecular weight excluding hydrogens is 336 g/mol. The summed E-state index contributed by atoms with van der Waals surface area (Å²) >= 11 is 0. The van der Waals surface area contributed by atoms with Crippen LogP contribution in [-0.4, -0.2) is 11.8 Å². The Morgan fingerprint density at radius 3 is 2.11 bits per heavy atom. The van der Waals surface area contributed by atoms with E-state index in [1.807, 2.05) is 6.07 Å². The number of nitrogens with zero attached hydrogens (tertiary/aromatic N) is 2. The summed E-state index contributed by atoms with van der Waals surface area (Å²) in [4.78, 5) is 26.8. The molecule has 3 aromatic carbocycles. The van der Waals surface area contributed by atoms with E-state index in [1.54, 1.807) is 66.7 Å². The molecule has 0 saturated heterocycles. The van der Waals surface area contributed by atoms with E-state index in [1.165, 1.54) is 4.90 Å². The Bertz CT molecular complexity index is 1160. The third-order valence-electron chi connectivity index (χ3n) is 4.28. The predicted octanol–water partition coefficient (Wildman–Crippen LogP) is 3.76. The zero-order valence-electron chi connectivity index (χ0n) is 14.1. The number of amides is 2. The van der Waals surface area contributed by atoms with Crippen molar-refractivity contribution in [1.82, 2.24) is 0 Å². The van der Waals surface area contributed by atoms with Gasteiger partial charge in [-0.15, -0.1) is 0 Å². The molecule has 4 rings (SSSR count). The molecule has 0 atom stereocenters. The lowest BCUT2D eigenvalue weighted by molar-refractivity contribution is 0.0926. The summed E-state index contributed by atoms with van der Waals surface area (Å²) in [6.07, 6.45) is 0. The second kappa shape index (κ2) is 6.63. The largest absolute Gasteiger partial charge is 0.268 e. The molecule has 0 saturated carbocycles. The van der Waals surface area contributed by atoms with Crippen LogP contribution in [-0.2, 0) is 0 Å². The molecule has 0 aromatic heterocycles. The van der Waals surface area contributed by atoms with E-state index in [2.05, 4.69) is 17.9 Å². The van der Waals surface area contributed by atoms with Crippen LogP contribution in [0.3, 0.4) is 0 Å². The number of imide groups is 1. The zero-order valence-corrected chi connectivity index (χ0v) is 14.1. The Kier molecular flexibility index (Phi) is 4.01. The van der Waals surface area contributed by atoms with E-state index in [0.29, 0.717) is 27.9 Å². The van der Waals surface area contributed by atoms with Crippen LogP contribution in [0.2, 0.25) is 0 Å². The minimum absolute atomic E-state index is 0.326. The number of nitriles is 1. The van der Waals surface area contributed by atoms with E-state index in [4.69, 9.17) is 5.26 Å². The van der Waals surface area contributed by atoms with Gasteiger partial charge in [-0.1, -0.05) is 36.1 Å². The van der Waals surface area contributed by atoms with Crippen molar-refractivity contribution in [2.45, 2.75) is 0 Å². The van der Waals surface area contributed by atoms with E-state index < -0.39 is 0 Å². The second-order valence-electron chi connectivity index (χ2n) is 5.95. The first-order chi connectivity index (χ1) is 13.2. The number of rotatable bonds is 1. The lowest BCUT2D eigenvalue weighted by Crippen LogP contribution is -2.29. The normalized spacial score (nSPS) is 12.2. The molecule has 1 aliphatic rings. The van der Waals surface area contributed by atoms with Gasteiger partial charge in [0.15, 0.2) is 0 Å². The molecule has 3 aromatic rings. The lowest BCUT2D eigenvalue weighted by atomic mass is 10.0. The average Bonchev–Trinajstić information content (AvgIpc) is 2.98. The third kappa shape index (κ3) is 2.86. The van der Waals surface area contributed by atoms with Gasteiger partial charge >= 0.3 is 0 Å². The summed E-state index contributed by atoms with van der Waals surface area (Å²) in [5.41, 5.74) is 3.01. The molecule has 1 heterocycles. The maximum atomic E-state index is 12.9. The van der Waals surface area contributed by atoms with Crippen LogP contribution in [0.15, 0.2) is 72.8 Å². The molecule has 27 heavy (non-hydrogen) atoms. The van der Waals surface area contributed by atoms with Gasteiger partial charge in [-0.3, -0.25) is 9.59 Å². The molecule has 1 aliphatic heterocycles. The topological polar surface area (TPSA) is 61.2 Å². The summed E-state index contributed by atoms with van der Waals surface area (Å²) in [6.45, 7) is 0.